The van der Waals surface area contributed by atoms with Crippen LogP contribution in [0.5, 0.6) is 5.75 Å². The third-order valence-electron chi connectivity index (χ3n) is 9.55. The second kappa shape index (κ2) is 14.0. The first kappa shape index (κ1) is 31.6. The zero-order valence-electron chi connectivity index (χ0n) is 24.8. The Bertz CT molecular complexity index is 1350. The molecular formula is C31H40Br2N6O4S. The minimum Gasteiger partial charge on any atom is -0.506 e. The molecule has 5 amide bonds. The van der Waals surface area contributed by atoms with Crippen LogP contribution in [0.25, 0.3) is 0 Å². The number of aromatic hydroxyl groups is 1. The van der Waals surface area contributed by atoms with Gasteiger partial charge in [-0.05, 0) is 113 Å². The Hall–Kier alpha value is -2.35. The molecule has 0 bridgehead atoms. The molecule has 1 aromatic carbocycles. The van der Waals surface area contributed by atoms with Crippen LogP contribution in [0.15, 0.2) is 32.5 Å². The fourth-order valence-electron chi connectivity index (χ4n) is 7.03. The summed E-state index contributed by atoms with van der Waals surface area (Å²) in [4.78, 5) is 49.6. The maximum Gasteiger partial charge on any atom is 0.322 e. The normalized spacial score (nSPS) is 21.1. The van der Waals surface area contributed by atoms with Crippen molar-refractivity contribution in [3.63, 3.8) is 0 Å². The summed E-state index contributed by atoms with van der Waals surface area (Å²) in [6.07, 6.45) is 7.39. The van der Waals surface area contributed by atoms with E-state index in [0.29, 0.717) is 67.0 Å². The van der Waals surface area contributed by atoms with Crippen molar-refractivity contribution in [2.45, 2.75) is 76.0 Å². The van der Waals surface area contributed by atoms with E-state index >= 15 is 0 Å². The molecular weight excluding hydrogens is 712 g/mol. The van der Waals surface area contributed by atoms with Crippen LogP contribution in [0.3, 0.4) is 0 Å². The number of anilines is 1. The first-order chi connectivity index (χ1) is 21.3. The molecule has 4 aliphatic rings. The highest BCUT2D eigenvalue weighted by Crippen LogP contribution is 2.34. The number of fused-ring (bicyclic) bond motifs is 1. The number of likely N-dealkylation sites (tertiary alicyclic amines) is 3. The number of piperidine rings is 3. The zero-order valence-corrected chi connectivity index (χ0v) is 28.8. The van der Waals surface area contributed by atoms with E-state index < -0.39 is 6.04 Å². The Balaban J connectivity index is 1.09. The summed E-state index contributed by atoms with van der Waals surface area (Å²) in [6.45, 7) is 5.28. The molecule has 1 aromatic heterocycles. The predicted octanol–water partition coefficient (Wildman–Crippen LogP) is 5.59. The number of urea groups is 2. The van der Waals surface area contributed by atoms with E-state index in [-0.39, 0.29) is 29.8 Å². The molecule has 0 spiro atoms. The Morgan fingerprint density at radius 1 is 0.955 bits per heavy atom. The van der Waals surface area contributed by atoms with Crippen LogP contribution in [-0.4, -0.2) is 100 Å². The van der Waals surface area contributed by atoms with Crippen LogP contribution < -0.4 is 10.6 Å². The van der Waals surface area contributed by atoms with Crippen molar-refractivity contribution >= 4 is 66.9 Å². The van der Waals surface area contributed by atoms with Crippen LogP contribution in [0.4, 0.5) is 15.3 Å². The first-order valence-electron chi connectivity index (χ1n) is 15.7. The molecule has 13 heteroatoms. The standard InChI is InChI=1S/C31H40Br2N6O4S/c32-23-16-20(17-24(33)28(23)40)18-26(29(41)37-11-4-21(5-12-37)36-9-2-1-3-10-36)35-30(42)38-13-6-22(7-14-38)39-19-27-25(8-15-44-27)34-31(39)43/h8,15-17,21-22,26,40H,1-7,9-14,18-19H2,(H,34,43)(H,35,42)/t26-/m1/s1. The smallest absolute Gasteiger partial charge is 0.322 e. The number of benzene rings is 1. The Morgan fingerprint density at radius 3 is 2.27 bits per heavy atom. The van der Waals surface area contributed by atoms with Gasteiger partial charge in [0.2, 0.25) is 5.91 Å². The van der Waals surface area contributed by atoms with Gasteiger partial charge >= 0.3 is 12.1 Å². The summed E-state index contributed by atoms with van der Waals surface area (Å²) < 4.78 is 1.06. The molecule has 3 saturated heterocycles. The van der Waals surface area contributed by atoms with E-state index in [0.717, 1.165) is 42.1 Å². The second-order valence-electron chi connectivity index (χ2n) is 12.3. The lowest BCUT2D eigenvalue weighted by Gasteiger charge is -2.41. The number of phenols is 1. The number of hydrogen-bond acceptors (Lipinski definition) is 6. The predicted molar refractivity (Wildman–Crippen MR) is 178 cm³/mol. The molecule has 44 heavy (non-hydrogen) atoms. The molecule has 5 heterocycles. The Labute approximate surface area is 279 Å². The maximum absolute atomic E-state index is 14.0. The molecule has 0 saturated carbocycles. The van der Waals surface area contributed by atoms with Crippen molar-refractivity contribution in [1.29, 1.82) is 0 Å². The van der Waals surface area contributed by atoms with E-state index in [1.807, 2.05) is 21.2 Å². The third-order valence-corrected chi connectivity index (χ3v) is 11.7. The number of amides is 5. The summed E-state index contributed by atoms with van der Waals surface area (Å²) >= 11 is 8.44. The highest BCUT2D eigenvalue weighted by atomic mass is 79.9. The van der Waals surface area contributed by atoms with E-state index in [9.17, 15) is 19.5 Å². The number of nitrogens with zero attached hydrogens (tertiary/aromatic N) is 4. The van der Waals surface area contributed by atoms with Crippen LogP contribution in [0.1, 0.15) is 55.4 Å². The van der Waals surface area contributed by atoms with E-state index in [1.165, 1.54) is 19.3 Å². The van der Waals surface area contributed by atoms with Crippen LogP contribution >= 0.6 is 43.2 Å². The van der Waals surface area contributed by atoms with Crippen molar-refractivity contribution in [2.24, 2.45) is 0 Å². The fourth-order valence-corrected chi connectivity index (χ4v) is 9.14. The first-order valence-corrected chi connectivity index (χ1v) is 18.1. The summed E-state index contributed by atoms with van der Waals surface area (Å²) in [5, 5.41) is 18.3. The third kappa shape index (κ3) is 7.05. The molecule has 2 aromatic rings. The van der Waals surface area contributed by atoms with Gasteiger partial charge in [-0.3, -0.25) is 4.79 Å². The van der Waals surface area contributed by atoms with Gasteiger partial charge in [0.25, 0.3) is 0 Å². The number of thiophene rings is 1. The van der Waals surface area contributed by atoms with Crippen molar-refractivity contribution in [3.05, 3.63) is 43.0 Å². The van der Waals surface area contributed by atoms with Gasteiger partial charge in [0.1, 0.15) is 11.8 Å². The lowest BCUT2D eigenvalue weighted by molar-refractivity contribution is -0.134. The number of carbonyl (C=O) groups is 3. The number of phenolic OH excluding ortho intramolecular Hbond substituents is 1. The fraction of sp³-hybridized carbons (Fsp3) is 0.581. The number of carbonyl (C=O) groups excluding carboxylic acids is 3. The van der Waals surface area contributed by atoms with E-state index in [1.54, 1.807) is 28.4 Å². The minimum absolute atomic E-state index is 0.0552. The van der Waals surface area contributed by atoms with Gasteiger partial charge in [0, 0.05) is 49.6 Å². The van der Waals surface area contributed by atoms with Crippen LogP contribution in [0, 0.1) is 0 Å². The highest BCUT2D eigenvalue weighted by Gasteiger charge is 2.36. The summed E-state index contributed by atoms with van der Waals surface area (Å²) in [5.41, 5.74) is 1.72. The van der Waals surface area contributed by atoms with Gasteiger partial charge < -0.3 is 35.3 Å². The summed E-state index contributed by atoms with van der Waals surface area (Å²) in [5.74, 6) is 0.0309. The SMILES string of the molecule is O=C(N[C@H](Cc1cc(Br)c(O)c(Br)c1)C(=O)N1CCC(N2CCCCC2)CC1)N1CCC(N2Cc3sccc3NC2=O)CC1. The average molecular weight is 753 g/mol. The zero-order chi connectivity index (χ0) is 30.8. The van der Waals surface area contributed by atoms with Crippen molar-refractivity contribution in [3.8, 4) is 5.75 Å². The minimum atomic E-state index is -0.736. The highest BCUT2D eigenvalue weighted by molar-refractivity contribution is 9.11. The van der Waals surface area contributed by atoms with E-state index in [4.69, 9.17) is 0 Å². The maximum atomic E-state index is 14.0. The largest absolute Gasteiger partial charge is 0.506 e. The number of rotatable bonds is 6. The second-order valence-corrected chi connectivity index (χ2v) is 15.0. The van der Waals surface area contributed by atoms with Gasteiger partial charge in [-0.2, -0.15) is 0 Å². The molecule has 0 radical (unpaired) electrons. The quantitative estimate of drug-likeness (QED) is 0.357. The summed E-state index contributed by atoms with van der Waals surface area (Å²) in [6, 6.07) is 5.02. The molecule has 3 N–H and O–H groups in total. The number of halogens is 2. The van der Waals surface area contributed by atoms with Gasteiger partial charge in [-0.15, -0.1) is 11.3 Å². The summed E-state index contributed by atoms with van der Waals surface area (Å²) in [7, 11) is 0. The van der Waals surface area contributed by atoms with Crippen LogP contribution in [0.2, 0.25) is 0 Å². The molecule has 4 aliphatic heterocycles. The number of nitrogens with one attached hydrogen (secondary N) is 2. The molecule has 238 valence electrons. The Morgan fingerprint density at radius 2 is 1.59 bits per heavy atom. The van der Waals surface area contributed by atoms with Gasteiger partial charge in [-0.1, -0.05) is 6.42 Å². The van der Waals surface area contributed by atoms with Gasteiger partial charge in [-0.25, -0.2) is 9.59 Å². The van der Waals surface area contributed by atoms with E-state index in [2.05, 4.69) is 47.4 Å². The lowest BCUT2D eigenvalue weighted by atomic mass is 9.98. The molecule has 1 atom stereocenters. The lowest BCUT2D eigenvalue weighted by Crippen LogP contribution is -2.57. The van der Waals surface area contributed by atoms with Crippen LogP contribution in [-0.2, 0) is 17.8 Å². The molecule has 0 unspecified atom stereocenters. The topological polar surface area (TPSA) is 108 Å². The van der Waals surface area contributed by atoms with Crippen molar-refractivity contribution < 1.29 is 19.5 Å². The van der Waals surface area contributed by atoms with Gasteiger partial charge in [0.15, 0.2) is 0 Å². The average Bonchev–Trinajstić information content (AvgIpc) is 3.50. The molecule has 6 rings (SSSR count). The van der Waals surface area contributed by atoms with Gasteiger partial charge in [0.05, 0.1) is 21.2 Å². The molecule has 0 aliphatic carbocycles. The molecule has 3 fully saturated rings. The molecule has 10 nitrogen and oxygen atoms in total. The van der Waals surface area contributed by atoms with Crippen molar-refractivity contribution in [2.75, 3.05) is 44.6 Å². The van der Waals surface area contributed by atoms with Crippen molar-refractivity contribution in [1.82, 2.24) is 24.9 Å². The Kier molecular flexibility index (Phi) is 10.0. The monoisotopic (exact) mass is 750 g/mol. The number of hydrogen-bond donors (Lipinski definition) is 3.